The second-order valence-electron chi connectivity index (χ2n) is 7.78. The summed E-state index contributed by atoms with van der Waals surface area (Å²) in [7, 11) is 0. The van der Waals surface area contributed by atoms with Gasteiger partial charge in [-0.3, -0.25) is 4.79 Å². The van der Waals surface area contributed by atoms with Gasteiger partial charge in [0, 0.05) is 6.54 Å². The summed E-state index contributed by atoms with van der Waals surface area (Å²) in [5, 5.41) is 7.52. The Morgan fingerprint density at radius 3 is 2.44 bits per heavy atom. The molecule has 2 aromatic heterocycles. The van der Waals surface area contributed by atoms with Crippen molar-refractivity contribution in [2.45, 2.75) is 39.0 Å². The second-order valence-corrected chi connectivity index (χ2v) is 7.78. The number of fused-ring (bicyclic) bond motifs is 2. The number of nitrogens with two attached hydrogens (primary N) is 1. The quantitative estimate of drug-likeness (QED) is 0.297. The van der Waals surface area contributed by atoms with E-state index in [4.69, 9.17) is 15.7 Å². The highest BCUT2D eigenvalue weighted by molar-refractivity contribution is 6.10. The minimum atomic E-state index is -0.249. The van der Waals surface area contributed by atoms with E-state index in [0.29, 0.717) is 28.8 Å². The van der Waals surface area contributed by atoms with Crippen molar-refractivity contribution in [3.63, 3.8) is 0 Å². The molecule has 0 bridgehead atoms. The Hall–Kier alpha value is -3.74. The third-order valence-corrected chi connectivity index (χ3v) is 5.39. The first-order valence-electron chi connectivity index (χ1n) is 11.1. The van der Waals surface area contributed by atoms with Gasteiger partial charge in [-0.1, -0.05) is 75.1 Å². The second kappa shape index (κ2) is 10.0. The number of unbranched alkanes of at least 4 members (excludes halogenated alkanes) is 4. The normalized spacial score (nSPS) is 11.5. The van der Waals surface area contributed by atoms with Crippen molar-refractivity contribution in [2.24, 2.45) is 5.10 Å². The van der Waals surface area contributed by atoms with Crippen LogP contribution >= 0.6 is 0 Å². The van der Waals surface area contributed by atoms with E-state index in [0.717, 1.165) is 23.9 Å². The van der Waals surface area contributed by atoms with Crippen LogP contribution in [0.1, 0.15) is 54.9 Å². The van der Waals surface area contributed by atoms with Gasteiger partial charge >= 0.3 is 0 Å². The Bertz CT molecular complexity index is 1250. The van der Waals surface area contributed by atoms with Crippen molar-refractivity contribution in [1.29, 1.82) is 0 Å². The van der Waals surface area contributed by atoms with Crippen LogP contribution in [0.3, 0.4) is 0 Å². The first kappa shape index (κ1) is 21.5. The van der Waals surface area contributed by atoms with Gasteiger partial charge in [-0.2, -0.15) is 9.78 Å². The average Bonchev–Trinajstić information content (AvgIpc) is 3.09. The van der Waals surface area contributed by atoms with E-state index in [1.807, 2.05) is 54.6 Å². The van der Waals surface area contributed by atoms with Crippen LogP contribution < -0.4 is 11.1 Å². The Labute approximate surface area is 187 Å². The summed E-state index contributed by atoms with van der Waals surface area (Å²) in [5.41, 5.74) is 9.99. The van der Waals surface area contributed by atoms with Crippen LogP contribution in [0.25, 0.3) is 22.2 Å². The SMILES string of the molecule is CCCCCCCNC(=O)c1c(N)n(N=Cc2ccccc2)c2nc3ccccc3nc12. The van der Waals surface area contributed by atoms with Gasteiger partial charge < -0.3 is 11.1 Å². The number of anilines is 1. The van der Waals surface area contributed by atoms with Crippen molar-refractivity contribution in [3.05, 3.63) is 65.7 Å². The van der Waals surface area contributed by atoms with Gasteiger partial charge in [0.1, 0.15) is 16.9 Å². The lowest BCUT2D eigenvalue weighted by Crippen LogP contribution is -2.25. The average molecular weight is 429 g/mol. The molecule has 32 heavy (non-hydrogen) atoms. The predicted octanol–water partition coefficient (Wildman–Crippen LogP) is 4.75. The van der Waals surface area contributed by atoms with Gasteiger partial charge in [0.25, 0.3) is 5.91 Å². The topological polar surface area (TPSA) is 98.2 Å². The number of amides is 1. The lowest BCUT2D eigenvalue weighted by atomic mass is 10.1. The smallest absolute Gasteiger partial charge is 0.257 e. The van der Waals surface area contributed by atoms with Crippen LogP contribution in [-0.2, 0) is 0 Å². The van der Waals surface area contributed by atoms with E-state index in [1.165, 1.54) is 23.9 Å². The molecular weight excluding hydrogens is 400 g/mol. The molecule has 164 valence electrons. The minimum Gasteiger partial charge on any atom is -0.383 e. The van der Waals surface area contributed by atoms with Crippen molar-refractivity contribution in [3.8, 4) is 0 Å². The van der Waals surface area contributed by atoms with Crippen molar-refractivity contribution in [2.75, 3.05) is 12.3 Å². The highest BCUT2D eigenvalue weighted by Gasteiger charge is 2.23. The largest absolute Gasteiger partial charge is 0.383 e. The number of carbonyl (C=O) groups is 1. The van der Waals surface area contributed by atoms with Crippen LogP contribution in [0.5, 0.6) is 0 Å². The van der Waals surface area contributed by atoms with Crippen LogP contribution in [0.4, 0.5) is 5.82 Å². The Balaban J connectivity index is 1.69. The lowest BCUT2D eigenvalue weighted by molar-refractivity contribution is 0.0955. The summed E-state index contributed by atoms with van der Waals surface area (Å²) in [6.45, 7) is 2.79. The fourth-order valence-electron chi connectivity index (χ4n) is 3.67. The van der Waals surface area contributed by atoms with Gasteiger partial charge in [0.2, 0.25) is 0 Å². The van der Waals surface area contributed by atoms with Gasteiger partial charge in [-0.15, -0.1) is 0 Å². The van der Waals surface area contributed by atoms with E-state index in [2.05, 4.69) is 17.3 Å². The first-order valence-corrected chi connectivity index (χ1v) is 11.1. The standard InChI is InChI=1S/C25H28N6O/c1-2-3-4-5-11-16-27-25(32)21-22-24(30-20-15-10-9-14-19(20)29-22)31(23(21)26)28-17-18-12-7-6-8-13-18/h6-10,12-15,17H,2-5,11,16,26H2,1H3,(H,27,32). The van der Waals surface area contributed by atoms with Crippen molar-refractivity contribution in [1.82, 2.24) is 20.0 Å². The van der Waals surface area contributed by atoms with Crippen LogP contribution in [0.2, 0.25) is 0 Å². The van der Waals surface area contributed by atoms with E-state index >= 15 is 0 Å². The molecule has 2 heterocycles. The number of hydrogen-bond donors (Lipinski definition) is 2. The van der Waals surface area contributed by atoms with Crippen LogP contribution in [0.15, 0.2) is 59.7 Å². The number of nitrogens with zero attached hydrogens (tertiary/aromatic N) is 4. The maximum Gasteiger partial charge on any atom is 0.257 e. The zero-order valence-electron chi connectivity index (χ0n) is 18.3. The summed E-state index contributed by atoms with van der Waals surface area (Å²) in [6, 6.07) is 17.3. The number of nitrogen functional groups attached to an aromatic ring is 1. The summed E-state index contributed by atoms with van der Waals surface area (Å²) in [5.74, 6) is -0.0211. The van der Waals surface area contributed by atoms with Crippen molar-refractivity contribution >= 4 is 40.1 Å². The number of carbonyl (C=O) groups excluding carboxylic acids is 1. The van der Waals surface area contributed by atoms with E-state index in [-0.39, 0.29) is 11.7 Å². The third-order valence-electron chi connectivity index (χ3n) is 5.39. The summed E-state index contributed by atoms with van der Waals surface area (Å²) in [4.78, 5) is 22.5. The van der Waals surface area contributed by atoms with Crippen LogP contribution in [-0.4, -0.2) is 33.3 Å². The third kappa shape index (κ3) is 4.61. The van der Waals surface area contributed by atoms with Gasteiger partial charge in [-0.25, -0.2) is 9.97 Å². The maximum absolute atomic E-state index is 13.1. The molecule has 0 aliphatic heterocycles. The zero-order valence-corrected chi connectivity index (χ0v) is 18.3. The zero-order chi connectivity index (χ0) is 22.3. The molecule has 7 heteroatoms. The van der Waals surface area contributed by atoms with E-state index in [1.54, 1.807) is 6.21 Å². The molecule has 0 spiro atoms. The molecule has 0 aliphatic rings. The number of nitrogens with one attached hydrogen (secondary N) is 1. The summed E-state index contributed by atoms with van der Waals surface area (Å²) < 4.78 is 1.50. The monoisotopic (exact) mass is 428 g/mol. The van der Waals surface area contributed by atoms with Crippen LogP contribution in [0, 0.1) is 0 Å². The Morgan fingerprint density at radius 2 is 1.69 bits per heavy atom. The fourth-order valence-corrected chi connectivity index (χ4v) is 3.67. The molecule has 0 aliphatic carbocycles. The molecule has 0 atom stereocenters. The highest BCUT2D eigenvalue weighted by atomic mass is 16.1. The van der Waals surface area contributed by atoms with Gasteiger partial charge in [-0.05, 0) is 24.1 Å². The molecule has 4 rings (SSSR count). The first-order chi connectivity index (χ1) is 15.7. The molecule has 0 saturated heterocycles. The number of benzene rings is 2. The molecule has 0 unspecified atom stereocenters. The fraction of sp³-hybridized carbons (Fsp3) is 0.280. The minimum absolute atomic E-state index is 0.228. The van der Waals surface area contributed by atoms with Gasteiger partial charge in [0.05, 0.1) is 17.2 Å². The molecule has 1 amide bonds. The molecular formula is C25H28N6O. The van der Waals surface area contributed by atoms with Crippen molar-refractivity contribution < 1.29 is 4.79 Å². The summed E-state index contributed by atoms with van der Waals surface area (Å²) in [6.07, 6.45) is 7.32. The highest BCUT2D eigenvalue weighted by Crippen LogP contribution is 2.27. The van der Waals surface area contributed by atoms with Gasteiger partial charge in [0.15, 0.2) is 5.65 Å². The predicted molar refractivity (Wildman–Crippen MR) is 130 cm³/mol. The summed E-state index contributed by atoms with van der Waals surface area (Å²) >= 11 is 0. The molecule has 2 aromatic carbocycles. The molecule has 4 aromatic rings. The maximum atomic E-state index is 13.1. The number of aromatic nitrogens is 3. The molecule has 3 N–H and O–H groups in total. The molecule has 0 fully saturated rings. The molecule has 7 nitrogen and oxygen atoms in total. The number of hydrogen-bond acceptors (Lipinski definition) is 5. The Kier molecular flexibility index (Phi) is 6.75. The van der Waals surface area contributed by atoms with E-state index < -0.39 is 0 Å². The van der Waals surface area contributed by atoms with E-state index in [9.17, 15) is 4.79 Å². The molecule has 0 saturated carbocycles. The lowest BCUT2D eigenvalue weighted by Gasteiger charge is -2.05. The Morgan fingerprint density at radius 1 is 1.00 bits per heavy atom. The number of para-hydroxylation sites is 2. The molecule has 0 radical (unpaired) electrons. The number of rotatable bonds is 9.